The molecular weight excluding hydrogens is 208 g/mol. The van der Waals surface area contributed by atoms with Crippen molar-refractivity contribution in [2.24, 2.45) is 0 Å². The van der Waals surface area contributed by atoms with Gasteiger partial charge in [-0.15, -0.1) is 0 Å². The van der Waals surface area contributed by atoms with E-state index in [1.165, 1.54) is 0 Å². The molecule has 0 aliphatic carbocycles. The molecule has 1 rings (SSSR count). The molecule has 1 fully saturated rings. The van der Waals surface area contributed by atoms with Gasteiger partial charge in [-0.3, -0.25) is 0 Å². The lowest BCUT2D eigenvalue weighted by atomic mass is 10.2. The Bertz CT molecular complexity index is 227. The maximum absolute atomic E-state index is 11.4. The predicted molar refractivity (Wildman–Crippen MR) is 61.2 cm³/mol. The summed E-state index contributed by atoms with van der Waals surface area (Å²) in [5, 5.41) is 5.63. The van der Waals surface area contributed by atoms with Crippen molar-refractivity contribution in [3.8, 4) is 0 Å². The van der Waals surface area contributed by atoms with Gasteiger partial charge in [-0.1, -0.05) is 6.92 Å². The number of nitrogens with one attached hydrogen (secondary N) is 2. The van der Waals surface area contributed by atoms with Crippen LogP contribution >= 0.6 is 0 Å². The Kier molecular flexibility index (Phi) is 5.02. The Morgan fingerprint density at radius 3 is 2.62 bits per heavy atom. The van der Waals surface area contributed by atoms with Crippen LogP contribution in [0.1, 0.15) is 33.6 Å². The molecule has 0 radical (unpaired) electrons. The van der Waals surface area contributed by atoms with Crippen LogP contribution in [0.4, 0.5) is 4.79 Å². The van der Waals surface area contributed by atoms with Crippen molar-refractivity contribution in [1.82, 2.24) is 10.6 Å². The Morgan fingerprint density at radius 1 is 1.44 bits per heavy atom. The van der Waals surface area contributed by atoms with Gasteiger partial charge in [0.05, 0.1) is 13.2 Å². The molecule has 2 amide bonds. The summed E-state index contributed by atoms with van der Waals surface area (Å²) in [6.07, 6.45) is 1.60. The summed E-state index contributed by atoms with van der Waals surface area (Å²) in [4.78, 5) is 11.4. The van der Waals surface area contributed by atoms with Crippen LogP contribution in [0.15, 0.2) is 0 Å². The second kappa shape index (κ2) is 6.06. The fourth-order valence-corrected chi connectivity index (χ4v) is 1.48. The van der Waals surface area contributed by atoms with Crippen LogP contribution in [-0.4, -0.2) is 37.6 Å². The summed E-state index contributed by atoms with van der Waals surface area (Å²) >= 11 is 0. The highest BCUT2D eigenvalue weighted by Gasteiger charge is 2.30. The van der Waals surface area contributed by atoms with Gasteiger partial charge in [0.15, 0.2) is 5.79 Å². The quantitative estimate of drug-likeness (QED) is 0.747. The minimum Gasteiger partial charge on any atom is -0.348 e. The summed E-state index contributed by atoms with van der Waals surface area (Å²) < 4.78 is 10.9. The number of amides is 2. The van der Waals surface area contributed by atoms with Crippen molar-refractivity contribution in [3.05, 3.63) is 0 Å². The molecule has 1 aliphatic heterocycles. The van der Waals surface area contributed by atoms with Crippen molar-refractivity contribution < 1.29 is 14.3 Å². The van der Waals surface area contributed by atoms with Crippen molar-refractivity contribution in [3.63, 3.8) is 0 Å². The monoisotopic (exact) mass is 230 g/mol. The Hall–Kier alpha value is -0.810. The molecule has 5 nitrogen and oxygen atoms in total. The van der Waals surface area contributed by atoms with Gasteiger partial charge in [0.25, 0.3) is 0 Å². The Morgan fingerprint density at radius 2 is 2.06 bits per heavy atom. The van der Waals surface area contributed by atoms with Crippen molar-refractivity contribution in [2.75, 3.05) is 19.8 Å². The highest BCUT2D eigenvalue weighted by Crippen LogP contribution is 2.21. The molecule has 5 heteroatoms. The maximum atomic E-state index is 11.4. The van der Waals surface area contributed by atoms with Gasteiger partial charge in [0, 0.05) is 19.0 Å². The molecule has 1 unspecified atom stereocenters. The van der Waals surface area contributed by atoms with Crippen LogP contribution in [0.3, 0.4) is 0 Å². The second-order valence-corrected chi connectivity index (χ2v) is 4.29. The lowest BCUT2D eigenvalue weighted by Crippen LogP contribution is -2.42. The maximum Gasteiger partial charge on any atom is 0.314 e. The second-order valence-electron chi connectivity index (χ2n) is 4.29. The van der Waals surface area contributed by atoms with E-state index in [0.29, 0.717) is 26.2 Å². The molecule has 0 bridgehead atoms. The third-order valence-electron chi connectivity index (χ3n) is 2.75. The first-order chi connectivity index (χ1) is 7.56. The normalized spacial score (nSPS) is 20.4. The van der Waals surface area contributed by atoms with E-state index in [4.69, 9.17) is 9.47 Å². The molecule has 16 heavy (non-hydrogen) atoms. The Labute approximate surface area is 96.9 Å². The van der Waals surface area contributed by atoms with Gasteiger partial charge >= 0.3 is 6.03 Å². The Balaban J connectivity index is 2.12. The van der Waals surface area contributed by atoms with Crippen LogP contribution in [0.25, 0.3) is 0 Å². The van der Waals surface area contributed by atoms with Crippen molar-refractivity contribution >= 4 is 6.03 Å². The number of hydrogen-bond donors (Lipinski definition) is 2. The molecule has 1 heterocycles. The summed E-state index contributed by atoms with van der Waals surface area (Å²) in [5.41, 5.74) is 0. The average Bonchev–Trinajstić information content (AvgIpc) is 2.65. The van der Waals surface area contributed by atoms with Crippen LogP contribution < -0.4 is 10.6 Å². The summed E-state index contributed by atoms with van der Waals surface area (Å²) in [5.74, 6) is -0.524. The lowest BCUT2D eigenvalue weighted by molar-refractivity contribution is -0.145. The molecule has 0 aromatic heterocycles. The van der Waals surface area contributed by atoms with E-state index in [-0.39, 0.29) is 12.1 Å². The fraction of sp³-hybridized carbons (Fsp3) is 0.909. The first-order valence-corrected chi connectivity index (χ1v) is 5.88. The topological polar surface area (TPSA) is 59.6 Å². The molecule has 0 saturated carbocycles. The lowest BCUT2D eigenvalue weighted by Gasteiger charge is -2.22. The van der Waals surface area contributed by atoms with E-state index in [2.05, 4.69) is 10.6 Å². The van der Waals surface area contributed by atoms with Gasteiger partial charge in [0.2, 0.25) is 0 Å². The zero-order chi connectivity index (χ0) is 12.0. The van der Waals surface area contributed by atoms with E-state index >= 15 is 0 Å². The molecule has 0 aromatic rings. The number of carbonyl (C=O) groups is 1. The smallest absolute Gasteiger partial charge is 0.314 e. The van der Waals surface area contributed by atoms with Crippen LogP contribution in [0.5, 0.6) is 0 Å². The number of hydrogen-bond acceptors (Lipinski definition) is 3. The highest BCUT2D eigenvalue weighted by atomic mass is 16.7. The SMILES string of the molecule is CCC(C)NC(=O)NCCC1(C)OCCO1. The van der Waals surface area contributed by atoms with Crippen LogP contribution in [-0.2, 0) is 9.47 Å². The van der Waals surface area contributed by atoms with E-state index < -0.39 is 5.79 Å². The summed E-state index contributed by atoms with van der Waals surface area (Å²) in [6.45, 7) is 7.73. The van der Waals surface area contributed by atoms with Crippen LogP contribution in [0, 0.1) is 0 Å². The van der Waals surface area contributed by atoms with Crippen molar-refractivity contribution in [1.29, 1.82) is 0 Å². The van der Waals surface area contributed by atoms with E-state index in [1.807, 2.05) is 20.8 Å². The molecule has 1 aliphatic rings. The number of rotatable bonds is 5. The molecule has 94 valence electrons. The minimum atomic E-state index is -0.524. The number of ether oxygens (including phenoxy) is 2. The third-order valence-corrected chi connectivity index (χ3v) is 2.75. The van der Waals surface area contributed by atoms with E-state index in [1.54, 1.807) is 0 Å². The molecule has 1 atom stereocenters. The minimum absolute atomic E-state index is 0.129. The zero-order valence-corrected chi connectivity index (χ0v) is 10.3. The third kappa shape index (κ3) is 4.37. The molecule has 1 saturated heterocycles. The summed E-state index contributed by atoms with van der Waals surface area (Å²) in [7, 11) is 0. The van der Waals surface area contributed by atoms with Gasteiger partial charge in [-0.05, 0) is 20.3 Å². The van der Waals surface area contributed by atoms with Crippen molar-refractivity contribution in [2.45, 2.75) is 45.4 Å². The zero-order valence-electron chi connectivity index (χ0n) is 10.3. The van der Waals surface area contributed by atoms with E-state index in [0.717, 1.165) is 6.42 Å². The van der Waals surface area contributed by atoms with E-state index in [9.17, 15) is 4.79 Å². The molecule has 0 spiro atoms. The number of carbonyl (C=O) groups excluding carboxylic acids is 1. The first-order valence-electron chi connectivity index (χ1n) is 5.88. The van der Waals surface area contributed by atoms with Gasteiger partial charge in [0.1, 0.15) is 0 Å². The fourth-order valence-electron chi connectivity index (χ4n) is 1.48. The standard InChI is InChI=1S/C11H22N2O3/c1-4-9(2)13-10(14)12-6-5-11(3)15-7-8-16-11/h9H,4-8H2,1-3H3,(H2,12,13,14). The highest BCUT2D eigenvalue weighted by molar-refractivity contribution is 5.74. The van der Waals surface area contributed by atoms with Gasteiger partial charge in [-0.2, -0.15) is 0 Å². The summed E-state index contributed by atoms with van der Waals surface area (Å²) in [6, 6.07) is 0.0746. The average molecular weight is 230 g/mol. The van der Waals surface area contributed by atoms with Gasteiger partial charge in [-0.25, -0.2) is 4.79 Å². The van der Waals surface area contributed by atoms with Gasteiger partial charge < -0.3 is 20.1 Å². The largest absolute Gasteiger partial charge is 0.348 e. The van der Waals surface area contributed by atoms with Crippen LogP contribution in [0.2, 0.25) is 0 Å². The first kappa shape index (κ1) is 13.3. The predicted octanol–water partition coefficient (Wildman–Crippen LogP) is 1.24. The molecular formula is C11H22N2O3. The molecule has 0 aromatic carbocycles. The number of urea groups is 1. The molecule has 2 N–H and O–H groups in total.